The van der Waals surface area contributed by atoms with Crippen molar-refractivity contribution in [2.24, 2.45) is 0 Å². The Kier molecular flexibility index (Phi) is 5.46. The highest BCUT2D eigenvalue weighted by Crippen LogP contribution is 2.34. The Bertz CT molecular complexity index is 1370. The van der Waals surface area contributed by atoms with Gasteiger partial charge in [0.05, 0.1) is 0 Å². The smallest absolute Gasteiger partial charge is 0.350 e. The Balaban J connectivity index is 1.32. The van der Waals surface area contributed by atoms with Crippen molar-refractivity contribution in [3.8, 4) is 11.5 Å². The molecule has 2 aromatic heterocycles. The van der Waals surface area contributed by atoms with E-state index < -0.39 is 11.6 Å². The number of hydrogen-bond donors (Lipinski definition) is 1. The van der Waals surface area contributed by atoms with Crippen molar-refractivity contribution in [1.29, 1.82) is 0 Å². The second-order valence-corrected chi connectivity index (χ2v) is 8.30. The molecule has 3 heterocycles. The number of fused-ring (bicyclic) bond motifs is 2. The number of amides is 1. The van der Waals surface area contributed by atoms with Crippen LogP contribution in [0.25, 0.3) is 5.65 Å². The second kappa shape index (κ2) is 8.56. The number of thioether (sulfide) groups is 1. The molecule has 0 radical (unpaired) electrons. The first-order valence-corrected chi connectivity index (χ1v) is 10.9. The molecule has 5 rings (SSSR count). The summed E-state index contributed by atoms with van der Waals surface area (Å²) < 4.78 is 13.1. The summed E-state index contributed by atoms with van der Waals surface area (Å²) in [4.78, 5) is 29.6. The topological polar surface area (TPSA) is 99.8 Å². The van der Waals surface area contributed by atoms with Crippen LogP contribution < -0.4 is 20.5 Å². The number of hydrogen-bond acceptors (Lipinski definition) is 7. The molecule has 32 heavy (non-hydrogen) atoms. The van der Waals surface area contributed by atoms with Crippen LogP contribution in [0.4, 0.5) is 5.69 Å². The summed E-state index contributed by atoms with van der Waals surface area (Å²) in [6, 6.07) is 12.6. The van der Waals surface area contributed by atoms with E-state index in [4.69, 9.17) is 21.1 Å². The number of carbonyl (C=O) groups excluding carboxylic acids is 1. The van der Waals surface area contributed by atoms with E-state index in [2.05, 4.69) is 15.4 Å². The maximum atomic E-state index is 12.7. The first kappa shape index (κ1) is 20.4. The van der Waals surface area contributed by atoms with E-state index in [1.54, 1.807) is 18.2 Å². The summed E-state index contributed by atoms with van der Waals surface area (Å²) in [7, 11) is 0. The van der Waals surface area contributed by atoms with E-state index in [1.165, 1.54) is 28.6 Å². The molecule has 162 valence electrons. The molecule has 0 saturated carbocycles. The normalized spacial score (nSPS) is 12.3. The highest BCUT2D eigenvalue weighted by atomic mass is 35.5. The van der Waals surface area contributed by atoms with Gasteiger partial charge in [-0.25, -0.2) is 18.9 Å². The Labute approximate surface area is 190 Å². The van der Waals surface area contributed by atoms with Gasteiger partial charge in [-0.3, -0.25) is 4.79 Å². The summed E-state index contributed by atoms with van der Waals surface area (Å²) in [5, 5.41) is 8.34. The zero-order valence-electron chi connectivity index (χ0n) is 16.5. The third kappa shape index (κ3) is 4.14. The van der Waals surface area contributed by atoms with Gasteiger partial charge in [-0.2, -0.15) is 0 Å². The van der Waals surface area contributed by atoms with Gasteiger partial charge in [-0.05, 0) is 29.8 Å². The number of benzene rings is 2. The number of nitrogens with one attached hydrogen (secondary N) is 1. The number of aromatic nitrogens is 4. The third-order valence-corrected chi connectivity index (χ3v) is 6.00. The molecule has 0 unspecified atom stereocenters. The van der Waals surface area contributed by atoms with Crippen molar-refractivity contribution in [1.82, 2.24) is 19.2 Å². The van der Waals surface area contributed by atoms with E-state index in [0.29, 0.717) is 38.6 Å². The lowest BCUT2D eigenvalue weighted by molar-refractivity contribution is -0.117. The first-order valence-electron chi connectivity index (χ1n) is 9.58. The predicted octanol–water partition coefficient (Wildman–Crippen LogP) is 3.20. The van der Waals surface area contributed by atoms with Crippen LogP contribution in [0.2, 0.25) is 5.02 Å². The van der Waals surface area contributed by atoms with Crippen molar-refractivity contribution < 1.29 is 14.3 Å². The van der Waals surface area contributed by atoms with Gasteiger partial charge in [0.25, 0.3) is 0 Å². The van der Waals surface area contributed by atoms with Gasteiger partial charge in [0.2, 0.25) is 12.7 Å². The highest BCUT2D eigenvalue weighted by Gasteiger charge is 2.17. The van der Waals surface area contributed by atoms with E-state index in [9.17, 15) is 9.59 Å². The molecule has 0 aliphatic carbocycles. The molecule has 9 nitrogen and oxygen atoms in total. The largest absolute Gasteiger partial charge is 0.454 e. The first-order chi connectivity index (χ1) is 15.6. The average Bonchev–Trinajstić information content (AvgIpc) is 3.38. The summed E-state index contributed by atoms with van der Waals surface area (Å²) >= 11 is 7.38. The summed E-state index contributed by atoms with van der Waals surface area (Å²) in [6.07, 6.45) is 3.07. The maximum Gasteiger partial charge on any atom is 0.350 e. The molecular formula is C21H16ClN5O4S. The summed E-state index contributed by atoms with van der Waals surface area (Å²) in [5.74, 6) is 1.42. The molecule has 0 atom stereocenters. The number of halogens is 1. The Morgan fingerprint density at radius 3 is 2.81 bits per heavy atom. The van der Waals surface area contributed by atoms with Crippen LogP contribution in [0.5, 0.6) is 11.5 Å². The fourth-order valence-electron chi connectivity index (χ4n) is 3.17. The zero-order chi connectivity index (χ0) is 22.1. The molecule has 1 N–H and O–H groups in total. The van der Waals surface area contributed by atoms with E-state index in [0.717, 1.165) is 10.2 Å². The fraction of sp³-hybridized carbons (Fsp3) is 0.143. The van der Waals surface area contributed by atoms with Gasteiger partial charge in [-0.15, -0.1) is 5.10 Å². The molecule has 0 fully saturated rings. The van der Waals surface area contributed by atoms with E-state index in [-0.39, 0.29) is 13.3 Å². The minimum atomic E-state index is -0.420. The zero-order valence-corrected chi connectivity index (χ0v) is 18.1. The second-order valence-electron chi connectivity index (χ2n) is 6.90. The fourth-order valence-corrected chi connectivity index (χ4v) is 4.20. The molecule has 0 bridgehead atoms. The van der Waals surface area contributed by atoms with E-state index >= 15 is 0 Å². The number of rotatable bonds is 6. The summed E-state index contributed by atoms with van der Waals surface area (Å²) in [6.45, 7) is -0.0913. The molecule has 1 amide bonds. The minimum Gasteiger partial charge on any atom is -0.454 e. The van der Waals surface area contributed by atoms with Crippen molar-refractivity contribution in [2.75, 3.05) is 12.1 Å². The van der Waals surface area contributed by atoms with Crippen LogP contribution in [-0.4, -0.2) is 31.9 Å². The highest BCUT2D eigenvalue weighted by molar-refractivity contribution is 7.98. The number of anilines is 1. The molecule has 4 aromatic rings. The molecular weight excluding hydrogens is 454 g/mol. The van der Waals surface area contributed by atoms with E-state index in [1.807, 2.05) is 24.3 Å². The molecule has 2 aromatic carbocycles. The lowest BCUT2D eigenvalue weighted by atomic mass is 10.2. The monoisotopic (exact) mass is 469 g/mol. The number of carbonyl (C=O) groups is 1. The SMILES string of the molecule is O=C(Cn1nc2c(SCc3ccc(Cl)cc3)nccn2c1=O)Nc1ccc2c(c1)OCO2. The average molecular weight is 470 g/mol. The van der Waals surface area contributed by atoms with Crippen molar-refractivity contribution in [3.05, 3.63) is 75.9 Å². The molecule has 0 saturated heterocycles. The number of nitrogens with zero attached hydrogens (tertiary/aromatic N) is 4. The number of ether oxygens (including phenoxy) is 2. The van der Waals surface area contributed by atoms with Crippen molar-refractivity contribution in [2.45, 2.75) is 17.3 Å². The van der Waals surface area contributed by atoms with Crippen LogP contribution in [-0.2, 0) is 17.1 Å². The third-order valence-electron chi connectivity index (χ3n) is 4.71. The lowest BCUT2D eigenvalue weighted by Gasteiger charge is -2.05. The van der Waals surface area contributed by atoms with Crippen LogP contribution in [0.3, 0.4) is 0 Å². The van der Waals surface area contributed by atoms with Gasteiger partial charge >= 0.3 is 5.69 Å². The predicted molar refractivity (Wildman–Crippen MR) is 119 cm³/mol. The molecule has 1 aliphatic heterocycles. The van der Waals surface area contributed by atoms with Crippen LogP contribution in [0.15, 0.2) is 64.7 Å². The van der Waals surface area contributed by atoms with Crippen LogP contribution in [0, 0.1) is 0 Å². The van der Waals surface area contributed by atoms with Gasteiger partial charge in [0.1, 0.15) is 11.6 Å². The molecule has 1 aliphatic rings. The minimum absolute atomic E-state index is 0.149. The van der Waals surface area contributed by atoms with Gasteiger partial charge in [0.15, 0.2) is 17.1 Å². The summed E-state index contributed by atoms with van der Waals surface area (Å²) in [5.41, 5.74) is 1.58. The Hall–Kier alpha value is -3.50. The van der Waals surface area contributed by atoms with Gasteiger partial charge in [0, 0.05) is 34.9 Å². The molecule has 0 spiro atoms. The van der Waals surface area contributed by atoms with Gasteiger partial charge in [-0.1, -0.05) is 35.5 Å². The lowest BCUT2D eigenvalue weighted by Crippen LogP contribution is -2.28. The quantitative estimate of drug-likeness (QED) is 0.433. The van der Waals surface area contributed by atoms with Crippen molar-refractivity contribution >= 4 is 40.6 Å². The van der Waals surface area contributed by atoms with Crippen molar-refractivity contribution in [3.63, 3.8) is 0 Å². The standard InChI is InChI=1S/C21H16ClN5O4S/c22-14-3-1-13(2-4-14)11-32-20-19-25-27(21(29)26(19)8-7-23-20)10-18(28)24-15-5-6-16-17(9-15)31-12-30-16/h1-9H,10-12H2,(H,24,28). The van der Waals surface area contributed by atoms with Crippen LogP contribution >= 0.6 is 23.4 Å². The Morgan fingerprint density at radius 1 is 1.16 bits per heavy atom. The van der Waals surface area contributed by atoms with Gasteiger partial charge < -0.3 is 14.8 Å². The Morgan fingerprint density at radius 2 is 1.97 bits per heavy atom. The maximum absolute atomic E-state index is 12.7. The molecule has 11 heteroatoms. The van der Waals surface area contributed by atoms with Crippen LogP contribution in [0.1, 0.15) is 5.56 Å².